The van der Waals surface area contributed by atoms with E-state index in [-0.39, 0.29) is 0 Å². The van der Waals surface area contributed by atoms with Crippen molar-refractivity contribution < 1.29 is 0 Å². The molecule has 0 aliphatic carbocycles. The summed E-state index contributed by atoms with van der Waals surface area (Å²) in [7, 11) is 0. The van der Waals surface area contributed by atoms with E-state index in [1.165, 1.54) is 36.8 Å². The van der Waals surface area contributed by atoms with Gasteiger partial charge in [0.25, 0.3) is 0 Å². The minimum absolute atomic E-state index is 0.454. The highest BCUT2D eigenvalue weighted by Crippen LogP contribution is 2.24. The molecular formula is C10H21BrS. The Labute approximate surface area is 90.0 Å². The molecule has 0 aromatic heterocycles. The number of rotatable bonds is 6. The molecule has 0 amide bonds. The Morgan fingerprint density at radius 3 is 2.08 bits per heavy atom. The van der Waals surface area contributed by atoms with Crippen molar-refractivity contribution >= 4 is 27.7 Å². The Balaban J connectivity index is 3.01. The van der Waals surface area contributed by atoms with Gasteiger partial charge in [-0.1, -0.05) is 49.5 Å². The molecule has 0 rings (SSSR count). The Morgan fingerprint density at radius 1 is 1.00 bits per heavy atom. The Bertz CT molecular complexity index is 96.5. The summed E-state index contributed by atoms with van der Waals surface area (Å²) in [4.78, 5) is 0. The highest BCUT2D eigenvalue weighted by molar-refractivity contribution is 9.09. The highest BCUT2D eigenvalue weighted by atomic mass is 79.9. The third-order valence-corrected chi connectivity index (χ3v) is 3.48. The van der Waals surface area contributed by atoms with Crippen LogP contribution in [0.15, 0.2) is 0 Å². The minimum atomic E-state index is 0.454. The molecule has 0 radical (unpaired) electrons. The van der Waals surface area contributed by atoms with Gasteiger partial charge in [-0.05, 0) is 18.6 Å². The van der Waals surface area contributed by atoms with E-state index >= 15 is 0 Å². The fourth-order valence-electron chi connectivity index (χ4n) is 0.928. The van der Waals surface area contributed by atoms with E-state index in [0.717, 1.165) is 0 Å². The lowest BCUT2D eigenvalue weighted by Gasteiger charge is -2.16. The molecule has 0 aromatic carbocycles. The van der Waals surface area contributed by atoms with Crippen molar-refractivity contribution in [2.24, 2.45) is 0 Å². The molecule has 0 aliphatic rings. The Kier molecular flexibility index (Phi) is 7.76. The summed E-state index contributed by atoms with van der Waals surface area (Å²) in [6, 6.07) is 0. The quantitative estimate of drug-likeness (QED) is 0.497. The fraction of sp³-hybridized carbons (Fsp3) is 1.00. The molecule has 0 nitrogen and oxygen atoms in total. The second kappa shape index (κ2) is 7.25. The summed E-state index contributed by atoms with van der Waals surface area (Å²) in [5.74, 6) is 1.33. The third kappa shape index (κ3) is 10.8. The van der Waals surface area contributed by atoms with Crippen LogP contribution in [0.5, 0.6) is 0 Å². The van der Waals surface area contributed by atoms with Gasteiger partial charge in [-0.3, -0.25) is 0 Å². The van der Waals surface area contributed by atoms with Crippen molar-refractivity contribution in [3.8, 4) is 0 Å². The molecule has 0 atom stereocenters. The number of alkyl halides is 1. The lowest BCUT2D eigenvalue weighted by atomic mass is 10.2. The summed E-state index contributed by atoms with van der Waals surface area (Å²) in [6.45, 7) is 6.86. The van der Waals surface area contributed by atoms with Crippen molar-refractivity contribution in [1.82, 2.24) is 0 Å². The lowest BCUT2D eigenvalue weighted by molar-refractivity contribution is 0.708. The molecule has 0 aliphatic heterocycles. The van der Waals surface area contributed by atoms with Crippen LogP contribution in [-0.4, -0.2) is 15.8 Å². The van der Waals surface area contributed by atoms with E-state index in [1.54, 1.807) is 0 Å². The van der Waals surface area contributed by atoms with Gasteiger partial charge < -0.3 is 0 Å². The van der Waals surface area contributed by atoms with Crippen molar-refractivity contribution in [3.63, 3.8) is 0 Å². The van der Waals surface area contributed by atoms with Gasteiger partial charge in [0.2, 0.25) is 0 Å². The fourth-order valence-corrected chi connectivity index (χ4v) is 2.29. The number of hydrogen-bond donors (Lipinski definition) is 0. The van der Waals surface area contributed by atoms with Gasteiger partial charge in [-0.25, -0.2) is 0 Å². The van der Waals surface area contributed by atoms with E-state index in [2.05, 4.69) is 48.5 Å². The summed E-state index contributed by atoms with van der Waals surface area (Å²) >= 11 is 5.52. The van der Waals surface area contributed by atoms with Crippen molar-refractivity contribution in [3.05, 3.63) is 0 Å². The van der Waals surface area contributed by atoms with Gasteiger partial charge in [0.05, 0.1) is 0 Å². The van der Waals surface area contributed by atoms with E-state index in [0.29, 0.717) is 4.75 Å². The standard InChI is InChI=1S/C10H21BrS/c1-10(2,3)12-9-7-5-4-6-8-11/h4-9H2,1-3H3. The third-order valence-electron chi connectivity index (χ3n) is 1.56. The van der Waals surface area contributed by atoms with Crippen LogP contribution in [0.1, 0.15) is 46.5 Å². The molecule has 0 N–H and O–H groups in total. The van der Waals surface area contributed by atoms with Crippen LogP contribution in [0.25, 0.3) is 0 Å². The molecule has 0 bridgehead atoms. The first-order chi connectivity index (χ1) is 5.56. The summed E-state index contributed by atoms with van der Waals surface area (Å²) in [6.07, 6.45) is 5.50. The van der Waals surface area contributed by atoms with E-state index in [1.807, 2.05) is 0 Å². The zero-order chi connectivity index (χ0) is 9.45. The smallest absolute Gasteiger partial charge is 0.00750 e. The average Bonchev–Trinajstić information content (AvgIpc) is 1.94. The molecule has 2 heteroatoms. The molecule has 0 saturated carbocycles. The summed E-state index contributed by atoms with van der Waals surface area (Å²) in [5.41, 5.74) is 0. The Morgan fingerprint density at radius 2 is 1.58 bits per heavy atom. The van der Waals surface area contributed by atoms with Crippen LogP contribution in [0.4, 0.5) is 0 Å². The molecule has 12 heavy (non-hydrogen) atoms. The summed E-state index contributed by atoms with van der Waals surface area (Å²) < 4.78 is 0.454. The molecule has 0 spiro atoms. The second-order valence-electron chi connectivity index (χ2n) is 4.06. The van der Waals surface area contributed by atoms with Gasteiger partial charge in [0.15, 0.2) is 0 Å². The SMILES string of the molecule is CC(C)(C)SCCCCCCBr. The number of thioether (sulfide) groups is 1. The van der Waals surface area contributed by atoms with Crippen molar-refractivity contribution in [2.75, 3.05) is 11.1 Å². The van der Waals surface area contributed by atoms with Gasteiger partial charge in [0, 0.05) is 10.1 Å². The first kappa shape index (κ1) is 12.8. The van der Waals surface area contributed by atoms with Crippen LogP contribution >= 0.6 is 27.7 Å². The molecule has 0 fully saturated rings. The van der Waals surface area contributed by atoms with Crippen molar-refractivity contribution in [2.45, 2.75) is 51.2 Å². The zero-order valence-electron chi connectivity index (χ0n) is 8.53. The molecule has 0 unspecified atom stereocenters. The predicted octanol–water partition coefficient (Wildman–Crippen LogP) is 4.47. The first-order valence-electron chi connectivity index (χ1n) is 4.76. The zero-order valence-corrected chi connectivity index (χ0v) is 10.9. The molecule has 0 aromatic rings. The number of halogens is 1. The second-order valence-corrected chi connectivity index (χ2v) is 6.78. The molecule has 74 valence electrons. The predicted molar refractivity (Wildman–Crippen MR) is 64.5 cm³/mol. The summed E-state index contributed by atoms with van der Waals surface area (Å²) in [5, 5.41) is 1.17. The van der Waals surface area contributed by atoms with Crippen LogP contribution in [0, 0.1) is 0 Å². The molecule has 0 heterocycles. The lowest BCUT2D eigenvalue weighted by Crippen LogP contribution is -2.08. The largest absolute Gasteiger partial charge is 0.156 e. The van der Waals surface area contributed by atoms with E-state index in [4.69, 9.17) is 0 Å². The Hall–Kier alpha value is 0.830. The van der Waals surface area contributed by atoms with Gasteiger partial charge in [-0.15, -0.1) is 0 Å². The van der Waals surface area contributed by atoms with Crippen molar-refractivity contribution in [1.29, 1.82) is 0 Å². The number of hydrogen-bond acceptors (Lipinski definition) is 1. The minimum Gasteiger partial charge on any atom is -0.156 e. The van der Waals surface area contributed by atoms with Gasteiger partial charge >= 0.3 is 0 Å². The number of unbranched alkanes of at least 4 members (excludes halogenated alkanes) is 3. The van der Waals surface area contributed by atoms with Crippen LogP contribution in [-0.2, 0) is 0 Å². The highest BCUT2D eigenvalue weighted by Gasteiger charge is 2.08. The van der Waals surface area contributed by atoms with E-state index < -0.39 is 0 Å². The monoisotopic (exact) mass is 252 g/mol. The van der Waals surface area contributed by atoms with Gasteiger partial charge in [-0.2, -0.15) is 11.8 Å². The molecule has 0 saturated heterocycles. The van der Waals surface area contributed by atoms with Crippen LogP contribution in [0.2, 0.25) is 0 Å². The maximum atomic E-state index is 3.45. The first-order valence-corrected chi connectivity index (χ1v) is 6.87. The molecular weight excluding hydrogens is 232 g/mol. The van der Waals surface area contributed by atoms with E-state index in [9.17, 15) is 0 Å². The van der Waals surface area contributed by atoms with Gasteiger partial charge in [0.1, 0.15) is 0 Å². The normalized spacial score (nSPS) is 12.0. The maximum Gasteiger partial charge on any atom is 0.00750 e. The van der Waals surface area contributed by atoms with Crippen LogP contribution in [0.3, 0.4) is 0 Å². The average molecular weight is 253 g/mol. The van der Waals surface area contributed by atoms with Crippen LogP contribution < -0.4 is 0 Å². The topological polar surface area (TPSA) is 0 Å². The maximum absolute atomic E-state index is 3.45.